The van der Waals surface area contributed by atoms with Gasteiger partial charge in [0.1, 0.15) is 6.10 Å². The quantitative estimate of drug-likeness (QED) is 0.846. The van der Waals surface area contributed by atoms with Gasteiger partial charge in [-0.2, -0.15) is 0 Å². The van der Waals surface area contributed by atoms with Crippen LogP contribution in [0, 0.1) is 37.5 Å². The van der Waals surface area contributed by atoms with Crippen LogP contribution in [0.4, 0.5) is 5.69 Å². The van der Waals surface area contributed by atoms with Crippen molar-refractivity contribution in [3.63, 3.8) is 0 Å². The van der Waals surface area contributed by atoms with E-state index in [-0.39, 0.29) is 42.3 Å². The van der Waals surface area contributed by atoms with Crippen LogP contribution < -0.4 is 5.32 Å². The van der Waals surface area contributed by atoms with Gasteiger partial charge in [-0.3, -0.25) is 14.4 Å². The maximum atomic E-state index is 12.4. The Kier molecular flexibility index (Phi) is 3.78. The zero-order valence-electron chi connectivity index (χ0n) is 14.3. The fraction of sp³-hybridized carbons (Fsp3) is 0.526. The number of hydrogen-bond acceptors (Lipinski definition) is 5. The van der Waals surface area contributed by atoms with Crippen LogP contribution in [0.15, 0.2) is 18.2 Å². The number of anilines is 1. The third kappa shape index (κ3) is 2.79. The van der Waals surface area contributed by atoms with E-state index >= 15 is 0 Å². The van der Waals surface area contributed by atoms with E-state index in [2.05, 4.69) is 5.32 Å². The van der Waals surface area contributed by atoms with E-state index in [0.717, 1.165) is 24.0 Å². The van der Waals surface area contributed by atoms with E-state index in [1.54, 1.807) is 0 Å². The standard InChI is InChI=1S/C19H21NO5/c1-9-3-10(2)5-12(4-9)20-15(21)8-24-18(22)16-11-6-13-14(7-11)25-19(23)17(13)16/h3-5,11,13-14,16-17H,6-8H2,1-2H3,(H,20,21)/t11-,13+,14-,16-,17+/m1/s1. The summed E-state index contributed by atoms with van der Waals surface area (Å²) in [6, 6.07) is 5.73. The van der Waals surface area contributed by atoms with Gasteiger partial charge in [0.25, 0.3) is 5.91 Å². The summed E-state index contributed by atoms with van der Waals surface area (Å²) in [5, 5.41) is 2.74. The molecule has 1 N–H and O–H groups in total. The monoisotopic (exact) mass is 343 g/mol. The molecule has 0 radical (unpaired) electrons. The lowest BCUT2D eigenvalue weighted by molar-refractivity contribution is -0.157. The van der Waals surface area contributed by atoms with Crippen molar-refractivity contribution in [2.75, 3.05) is 11.9 Å². The van der Waals surface area contributed by atoms with Gasteiger partial charge >= 0.3 is 11.9 Å². The van der Waals surface area contributed by atoms with E-state index in [4.69, 9.17) is 9.47 Å². The SMILES string of the molecule is Cc1cc(C)cc(NC(=O)COC(=O)[C@@H]2[C@@H]3C[C@@H]4[C@@H]2C(=O)O[C@@H]4C3)c1. The van der Waals surface area contributed by atoms with Crippen molar-refractivity contribution < 1.29 is 23.9 Å². The van der Waals surface area contributed by atoms with Gasteiger partial charge in [-0.05, 0) is 55.9 Å². The van der Waals surface area contributed by atoms with Crippen molar-refractivity contribution in [3.05, 3.63) is 29.3 Å². The molecule has 5 atom stereocenters. The van der Waals surface area contributed by atoms with Crippen molar-refractivity contribution in [1.29, 1.82) is 0 Å². The number of amides is 1. The number of hydrogen-bond donors (Lipinski definition) is 1. The molecule has 1 aromatic rings. The predicted molar refractivity (Wildman–Crippen MR) is 88.6 cm³/mol. The van der Waals surface area contributed by atoms with Gasteiger partial charge in [0.15, 0.2) is 6.61 Å². The van der Waals surface area contributed by atoms with Crippen molar-refractivity contribution in [3.8, 4) is 0 Å². The van der Waals surface area contributed by atoms with Gasteiger partial charge < -0.3 is 14.8 Å². The average Bonchev–Trinajstić information content (AvgIpc) is 3.13. The first-order valence-corrected chi connectivity index (χ1v) is 8.67. The highest BCUT2D eigenvalue weighted by molar-refractivity contribution is 5.93. The van der Waals surface area contributed by atoms with Crippen molar-refractivity contribution >= 4 is 23.5 Å². The highest BCUT2D eigenvalue weighted by Crippen LogP contribution is 2.57. The Morgan fingerprint density at radius 1 is 1.20 bits per heavy atom. The number of esters is 2. The second-order valence-electron chi connectivity index (χ2n) is 7.45. The van der Waals surface area contributed by atoms with Gasteiger partial charge in [-0.1, -0.05) is 6.07 Å². The summed E-state index contributed by atoms with van der Waals surface area (Å²) in [6.45, 7) is 3.56. The van der Waals surface area contributed by atoms with E-state index < -0.39 is 11.9 Å². The van der Waals surface area contributed by atoms with Crippen LogP contribution in [0.3, 0.4) is 0 Å². The topological polar surface area (TPSA) is 81.7 Å². The fourth-order valence-electron chi connectivity index (χ4n) is 4.80. The molecule has 2 saturated carbocycles. The molecule has 0 spiro atoms. The summed E-state index contributed by atoms with van der Waals surface area (Å²) in [7, 11) is 0. The maximum Gasteiger partial charge on any atom is 0.310 e. The first kappa shape index (κ1) is 16.1. The molecule has 1 heterocycles. The average molecular weight is 343 g/mol. The van der Waals surface area contributed by atoms with Crippen LogP contribution >= 0.6 is 0 Å². The van der Waals surface area contributed by atoms with Gasteiger partial charge in [0.2, 0.25) is 0 Å². The van der Waals surface area contributed by atoms with Crippen LogP contribution in [-0.2, 0) is 23.9 Å². The normalized spacial score (nSPS) is 31.8. The van der Waals surface area contributed by atoms with Crippen LogP contribution in [0.5, 0.6) is 0 Å². The van der Waals surface area contributed by atoms with Crippen LogP contribution in [0.2, 0.25) is 0 Å². The number of carbonyl (C=O) groups is 3. The molecular formula is C19H21NO5. The molecule has 2 bridgehead atoms. The van der Waals surface area contributed by atoms with Gasteiger partial charge in [-0.25, -0.2) is 0 Å². The molecule has 0 aromatic heterocycles. The Labute approximate surface area is 145 Å². The Bertz CT molecular complexity index is 736. The Morgan fingerprint density at radius 2 is 1.92 bits per heavy atom. The number of fused-ring (bicyclic) bond motifs is 1. The highest BCUT2D eigenvalue weighted by Gasteiger charge is 2.64. The van der Waals surface area contributed by atoms with Crippen molar-refractivity contribution in [2.24, 2.45) is 23.7 Å². The smallest absolute Gasteiger partial charge is 0.310 e. The third-order valence-electron chi connectivity index (χ3n) is 5.61. The number of benzene rings is 1. The summed E-state index contributed by atoms with van der Waals surface area (Å²) < 4.78 is 10.5. The maximum absolute atomic E-state index is 12.4. The number of rotatable bonds is 4. The van der Waals surface area contributed by atoms with Crippen molar-refractivity contribution in [1.82, 2.24) is 0 Å². The highest BCUT2D eigenvalue weighted by atomic mass is 16.6. The molecule has 6 nitrogen and oxygen atoms in total. The van der Waals surface area contributed by atoms with Gasteiger partial charge in [0, 0.05) is 11.6 Å². The van der Waals surface area contributed by atoms with Crippen LogP contribution in [0.25, 0.3) is 0 Å². The molecule has 25 heavy (non-hydrogen) atoms. The number of aryl methyl sites for hydroxylation is 2. The summed E-state index contributed by atoms with van der Waals surface area (Å²) in [5.41, 5.74) is 2.77. The predicted octanol–water partition coefficient (Wildman–Crippen LogP) is 1.98. The zero-order valence-corrected chi connectivity index (χ0v) is 14.3. The Hall–Kier alpha value is -2.37. The Morgan fingerprint density at radius 3 is 2.64 bits per heavy atom. The lowest BCUT2D eigenvalue weighted by atomic mass is 9.80. The largest absolute Gasteiger partial charge is 0.462 e. The molecular weight excluding hydrogens is 322 g/mol. The minimum absolute atomic E-state index is 0.0144. The molecule has 1 aromatic carbocycles. The molecule has 4 rings (SSSR count). The van der Waals surface area contributed by atoms with E-state index in [1.807, 2.05) is 32.0 Å². The third-order valence-corrected chi connectivity index (χ3v) is 5.61. The molecule has 2 aliphatic carbocycles. The molecule has 1 amide bonds. The summed E-state index contributed by atoms with van der Waals surface area (Å²) in [6.07, 6.45) is 1.57. The number of nitrogens with one attached hydrogen (secondary N) is 1. The first-order valence-electron chi connectivity index (χ1n) is 8.67. The lowest BCUT2D eigenvalue weighted by Gasteiger charge is -2.22. The molecule has 132 valence electrons. The first-order chi connectivity index (χ1) is 11.9. The fourth-order valence-corrected chi connectivity index (χ4v) is 4.80. The molecule has 3 aliphatic rings. The molecule has 3 fully saturated rings. The Balaban J connectivity index is 1.34. The minimum atomic E-state index is -0.453. The zero-order chi connectivity index (χ0) is 17.7. The number of ether oxygens (including phenoxy) is 2. The van der Waals surface area contributed by atoms with Crippen molar-refractivity contribution in [2.45, 2.75) is 32.8 Å². The molecule has 1 aliphatic heterocycles. The van der Waals surface area contributed by atoms with Crippen LogP contribution in [0.1, 0.15) is 24.0 Å². The second-order valence-corrected chi connectivity index (χ2v) is 7.45. The lowest BCUT2D eigenvalue weighted by Crippen LogP contribution is -2.34. The molecule has 0 unspecified atom stereocenters. The molecule has 1 saturated heterocycles. The van der Waals surface area contributed by atoms with Crippen LogP contribution in [-0.4, -0.2) is 30.6 Å². The second kappa shape index (κ2) is 5.86. The van der Waals surface area contributed by atoms with E-state index in [0.29, 0.717) is 5.69 Å². The minimum Gasteiger partial charge on any atom is -0.462 e. The van der Waals surface area contributed by atoms with Gasteiger partial charge in [0.05, 0.1) is 11.8 Å². The summed E-state index contributed by atoms with van der Waals surface area (Å²) >= 11 is 0. The number of carbonyl (C=O) groups excluding carboxylic acids is 3. The summed E-state index contributed by atoms with van der Waals surface area (Å²) in [4.78, 5) is 36.4. The van der Waals surface area contributed by atoms with Gasteiger partial charge in [-0.15, -0.1) is 0 Å². The summed E-state index contributed by atoms with van der Waals surface area (Å²) in [5.74, 6) is -1.65. The van der Waals surface area contributed by atoms with E-state index in [9.17, 15) is 14.4 Å². The van der Waals surface area contributed by atoms with E-state index in [1.165, 1.54) is 0 Å². The molecule has 6 heteroatoms.